The van der Waals surface area contributed by atoms with Crippen molar-refractivity contribution in [1.29, 1.82) is 0 Å². The normalized spacial score (nSPS) is 9.38. The van der Waals surface area contributed by atoms with Crippen LogP contribution in [-0.4, -0.2) is 31.8 Å². The minimum Gasteiger partial charge on any atom is -0.305 e. The molecule has 0 atom stereocenters. The molecule has 2 heteroatoms. The zero-order valence-electron chi connectivity index (χ0n) is 5.35. The van der Waals surface area contributed by atoms with Crippen molar-refractivity contribution in [3.63, 3.8) is 0 Å². The van der Waals surface area contributed by atoms with E-state index in [2.05, 4.69) is 6.58 Å². The highest BCUT2D eigenvalue weighted by Gasteiger charge is 1.90. The molecule has 0 saturated heterocycles. The molecule has 46 valence electrons. The average molecular weight is 113 g/mol. The molecule has 0 aromatic carbocycles. The van der Waals surface area contributed by atoms with Gasteiger partial charge in [-0.05, 0) is 19.7 Å². The van der Waals surface area contributed by atoms with E-state index in [1.165, 1.54) is 0 Å². The van der Waals surface area contributed by atoms with Crippen molar-refractivity contribution >= 4 is 6.29 Å². The van der Waals surface area contributed by atoms with Crippen LogP contribution in [0.15, 0.2) is 12.2 Å². The highest BCUT2D eigenvalue weighted by Crippen LogP contribution is 1.84. The van der Waals surface area contributed by atoms with Crippen LogP contribution >= 0.6 is 0 Å². The Bertz CT molecular complexity index is 96.7. The fraction of sp³-hybridized carbons (Fsp3) is 0.500. The summed E-state index contributed by atoms with van der Waals surface area (Å²) in [6.07, 6.45) is 0.778. The molecule has 0 aliphatic carbocycles. The van der Waals surface area contributed by atoms with E-state index in [-0.39, 0.29) is 0 Å². The fourth-order valence-electron chi connectivity index (χ4n) is 0.443. The summed E-state index contributed by atoms with van der Waals surface area (Å²) in [4.78, 5) is 11.8. The van der Waals surface area contributed by atoms with Crippen molar-refractivity contribution in [2.24, 2.45) is 0 Å². The van der Waals surface area contributed by atoms with Gasteiger partial charge < -0.3 is 4.90 Å². The summed E-state index contributed by atoms with van der Waals surface area (Å²) < 4.78 is 0. The quantitative estimate of drug-likeness (QED) is 0.387. The molecule has 0 unspecified atom stereocenters. The topological polar surface area (TPSA) is 20.3 Å². The van der Waals surface area contributed by atoms with Gasteiger partial charge in [0.25, 0.3) is 0 Å². The number of nitrogens with zero attached hydrogens (tertiary/aromatic N) is 1. The smallest absolute Gasteiger partial charge is 0.146 e. The molecule has 2 nitrogen and oxygen atoms in total. The van der Waals surface area contributed by atoms with Gasteiger partial charge in [-0.3, -0.25) is 4.79 Å². The Labute approximate surface area is 49.8 Å². The molecule has 0 aliphatic heterocycles. The van der Waals surface area contributed by atoms with Gasteiger partial charge in [0.05, 0.1) is 0 Å². The lowest BCUT2D eigenvalue weighted by molar-refractivity contribution is -0.105. The molecule has 0 bridgehead atoms. The third-order valence-corrected chi connectivity index (χ3v) is 0.686. The molecular weight excluding hydrogens is 102 g/mol. The molecule has 0 aromatic heterocycles. The highest BCUT2D eigenvalue weighted by molar-refractivity contribution is 5.72. The van der Waals surface area contributed by atoms with Crippen LogP contribution in [0, 0.1) is 0 Å². The number of carbonyl (C=O) groups is 1. The van der Waals surface area contributed by atoms with Crippen LogP contribution in [0.4, 0.5) is 0 Å². The van der Waals surface area contributed by atoms with E-state index in [1.807, 2.05) is 19.0 Å². The standard InChI is InChI=1S/C6H11NO/c1-6(5-8)4-7(2)3/h5H,1,4H2,2-3H3. The van der Waals surface area contributed by atoms with Gasteiger partial charge in [-0.25, -0.2) is 0 Å². The van der Waals surface area contributed by atoms with Crippen LogP contribution in [0.2, 0.25) is 0 Å². The first-order valence-electron chi connectivity index (χ1n) is 2.44. The number of likely N-dealkylation sites (N-methyl/N-ethyl adjacent to an activating group) is 1. The molecule has 0 amide bonds. The Hall–Kier alpha value is -0.630. The van der Waals surface area contributed by atoms with Crippen LogP contribution in [0.3, 0.4) is 0 Å². The number of hydrogen-bond donors (Lipinski definition) is 0. The average Bonchev–Trinajstić information content (AvgIpc) is 1.65. The number of rotatable bonds is 3. The van der Waals surface area contributed by atoms with E-state index in [1.54, 1.807) is 0 Å². The van der Waals surface area contributed by atoms with Gasteiger partial charge in [-0.1, -0.05) is 6.58 Å². The lowest BCUT2D eigenvalue weighted by Gasteiger charge is -2.05. The Morgan fingerprint density at radius 3 is 2.38 bits per heavy atom. The Kier molecular flexibility index (Phi) is 3.12. The second-order valence-electron chi connectivity index (χ2n) is 2.01. The SMILES string of the molecule is C=C(C=O)CN(C)C. The predicted octanol–water partition coefficient (Wildman–Crippen LogP) is 0.303. The lowest BCUT2D eigenvalue weighted by Crippen LogP contribution is -2.14. The highest BCUT2D eigenvalue weighted by atomic mass is 16.1. The summed E-state index contributed by atoms with van der Waals surface area (Å²) in [5.74, 6) is 0. The van der Waals surface area contributed by atoms with Gasteiger partial charge in [-0.15, -0.1) is 0 Å². The third kappa shape index (κ3) is 3.56. The first-order valence-corrected chi connectivity index (χ1v) is 2.44. The monoisotopic (exact) mass is 113 g/mol. The molecular formula is C6H11NO. The van der Waals surface area contributed by atoms with E-state index < -0.39 is 0 Å². The molecule has 0 saturated carbocycles. The summed E-state index contributed by atoms with van der Waals surface area (Å²) in [5.41, 5.74) is 0.620. The van der Waals surface area contributed by atoms with Gasteiger partial charge in [0, 0.05) is 6.54 Å². The van der Waals surface area contributed by atoms with E-state index in [0.29, 0.717) is 12.1 Å². The van der Waals surface area contributed by atoms with Crippen molar-refractivity contribution in [3.05, 3.63) is 12.2 Å². The van der Waals surface area contributed by atoms with E-state index in [4.69, 9.17) is 0 Å². The molecule has 0 heterocycles. The molecule has 0 fully saturated rings. The zero-order valence-corrected chi connectivity index (χ0v) is 5.35. The summed E-state index contributed by atoms with van der Waals surface area (Å²) in [6.45, 7) is 4.16. The van der Waals surface area contributed by atoms with Gasteiger partial charge in [0.15, 0.2) is 0 Å². The maximum absolute atomic E-state index is 9.91. The van der Waals surface area contributed by atoms with Crippen molar-refractivity contribution in [2.45, 2.75) is 0 Å². The lowest BCUT2D eigenvalue weighted by atomic mass is 10.3. The maximum Gasteiger partial charge on any atom is 0.146 e. The fourth-order valence-corrected chi connectivity index (χ4v) is 0.443. The van der Waals surface area contributed by atoms with Crippen molar-refractivity contribution in [2.75, 3.05) is 20.6 Å². The molecule has 0 spiro atoms. The Morgan fingerprint density at radius 2 is 2.25 bits per heavy atom. The minimum atomic E-state index is 0.620. The van der Waals surface area contributed by atoms with Crippen LogP contribution in [0.25, 0.3) is 0 Å². The second-order valence-corrected chi connectivity index (χ2v) is 2.01. The largest absolute Gasteiger partial charge is 0.305 e. The zero-order chi connectivity index (χ0) is 6.57. The third-order valence-electron chi connectivity index (χ3n) is 0.686. The summed E-state index contributed by atoms with van der Waals surface area (Å²) >= 11 is 0. The van der Waals surface area contributed by atoms with Crippen molar-refractivity contribution < 1.29 is 4.79 Å². The number of carbonyl (C=O) groups excluding carboxylic acids is 1. The molecule has 0 N–H and O–H groups in total. The summed E-state index contributed by atoms with van der Waals surface area (Å²) in [6, 6.07) is 0. The first-order chi connectivity index (χ1) is 3.66. The molecule has 8 heavy (non-hydrogen) atoms. The van der Waals surface area contributed by atoms with E-state index >= 15 is 0 Å². The molecule has 0 aromatic rings. The van der Waals surface area contributed by atoms with E-state index in [0.717, 1.165) is 6.29 Å². The van der Waals surface area contributed by atoms with Crippen LogP contribution < -0.4 is 0 Å². The van der Waals surface area contributed by atoms with Gasteiger partial charge in [0.1, 0.15) is 6.29 Å². The molecule has 0 aliphatic rings. The summed E-state index contributed by atoms with van der Waals surface area (Å²) in [5, 5.41) is 0. The number of hydrogen-bond acceptors (Lipinski definition) is 2. The predicted molar refractivity (Wildman–Crippen MR) is 33.8 cm³/mol. The maximum atomic E-state index is 9.91. The van der Waals surface area contributed by atoms with Crippen LogP contribution in [0.1, 0.15) is 0 Å². The Balaban J connectivity index is 3.39. The van der Waals surface area contributed by atoms with Gasteiger partial charge in [-0.2, -0.15) is 0 Å². The molecule has 0 radical (unpaired) electrons. The Morgan fingerprint density at radius 1 is 1.75 bits per heavy atom. The second kappa shape index (κ2) is 3.38. The first kappa shape index (κ1) is 7.37. The van der Waals surface area contributed by atoms with Crippen LogP contribution in [0.5, 0.6) is 0 Å². The summed E-state index contributed by atoms with van der Waals surface area (Å²) in [7, 11) is 3.80. The van der Waals surface area contributed by atoms with Crippen LogP contribution in [-0.2, 0) is 4.79 Å². The van der Waals surface area contributed by atoms with Crippen molar-refractivity contribution in [1.82, 2.24) is 4.90 Å². The van der Waals surface area contributed by atoms with Crippen molar-refractivity contribution in [3.8, 4) is 0 Å². The van der Waals surface area contributed by atoms with Gasteiger partial charge in [0.2, 0.25) is 0 Å². The minimum absolute atomic E-state index is 0.620. The van der Waals surface area contributed by atoms with Gasteiger partial charge >= 0.3 is 0 Å². The van der Waals surface area contributed by atoms with E-state index in [9.17, 15) is 4.79 Å². The number of aldehydes is 1. The molecule has 0 rings (SSSR count).